The minimum atomic E-state index is 1.01. The summed E-state index contributed by atoms with van der Waals surface area (Å²) in [5.74, 6) is 2.21. The van der Waals surface area contributed by atoms with Crippen LogP contribution in [-0.4, -0.2) is 21.5 Å². The van der Waals surface area contributed by atoms with Crippen LogP contribution in [0.25, 0.3) is 17.0 Å². The predicted molar refractivity (Wildman–Crippen MR) is 112 cm³/mol. The molecule has 2 aliphatic rings. The van der Waals surface area contributed by atoms with E-state index in [-0.39, 0.29) is 0 Å². The monoisotopic (exact) mass is 388 g/mol. The van der Waals surface area contributed by atoms with Gasteiger partial charge in [0.25, 0.3) is 0 Å². The Balaban J connectivity index is 1.84. The molecule has 6 heteroatoms. The van der Waals surface area contributed by atoms with Gasteiger partial charge in [0.1, 0.15) is 0 Å². The fourth-order valence-electron chi connectivity index (χ4n) is 2.77. The van der Waals surface area contributed by atoms with E-state index in [4.69, 9.17) is 0 Å². The number of pyridine rings is 2. The number of nitrogens with zero attached hydrogens (tertiary/aromatic N) is 2. The lowest BCUT2D eigenvalue weighted by atomic mass is 10.1. The van der Waals surface area contributed by atoms with Gasteiger partial charge in [0.15, 0.2) is 0 Å². The third-order valence-electron chi connectivity index (χ3n) is 3.67. The van der Waals surface area contributed by atoms with Gasteiger partial charge in [-0.15, -0.1) is 23.5 Å². The quantitative estimate of drug-likeness (QED) is 0.521. The summed E-state index contributed by atoms with van der Waals surface area (Å²) in [6.45, 7) is 4.44. The highest BCUT2D eigenvalue weighted by atomic mass is 32.3. The zero-order valence-corrected chi connectivity index (χ0v) is 16.7. The molecular formula is C18H16N2S4. The number of rotatable bonds is 4. The van der Waals surface area contributed by atoms with E-state index in [2.05, 4.69) is 35.9 Å². The summed E-state index contributed by atoms with van der Waals surface area (Å²) in [5, 5.41) is 0. The Labute approximate surface area is 159 Å². The van der Waals surface area contributed by atoms with Gasteiger partial charge in [0.2, 0.25) is 0 Å². The fraction of sp³-hybridized carbons (Fsp3) is 0.222. The van der Waals surface area contributed by atoms with Crippen molar-refractivity contribution in [2.75, 3.05) is 11.5 Å². The Morgan fingerprint density at radius 2 is 1.33 bits per heavy atom. The molecule has 2 aromatic rings. The third kappa shape index (κ3) is 2.83. The van der Waals surface area contributed by atoms with E-state index >= 15 is 0 Å². The molecule has 4 rings (SSSR count). The molecule has 24 heavy (non-hydrogen) atoms. The van der Waals surface area contributed by atoms with Gasteiger partial charge < -0.3 is 0 Å². The third-order valence-corrected chi connectivity index (χ3v) is 8.96. The molecular weight excluding hydrogens is 372 g/mol. The summed E-state index contributed by atoms with van der Waals surface area (Å²) < 4.78 is 4.25. The van der Waals surface area contributed by atoms with Crippen molar-refractivity contribution in [3.8, 4) is 11.4 Å². The molecule has 2 nitrogen and oxygen atoms in total. The first-order chi connectivity index (χ1) is 11.8. The average Bonchev–Trinajstić information content (AvgIpc) is 3.14. The molecule has 3 heterocycles. The van der Waals surface area contributed by atoms with E-state index in [9.17, 15) is 0 Å². The zero-order chi connectivity index (χ0) is 16.5. The van der Waals surface area contributed by atoms with E-state index < -0.39 is 0 Å². The zero-order valence-electron chi connectivity index (χ0n) is 13.4. The summed E-state index contributed by atoms with van der Waals surface area (Å²) in [5.41, 5.74) is 5.75. The Kier molecular flexibility index (Phi) is 4.99. The van der Waals surface area contributed by atoms with E-state index in [1.54, 1.807) is 0 Å². The van der Waals surface area contributed by atoms with Crippen molar-refractivity contribution < 1.29 is 0 Å². The normalized spacial score (nSPS) is 15.9. The van der Waals surface area contributed by atoms with E-state index in [1.165, 1.54) is 29.4 Å². The first-order valence-electron chi connectivity index (χ1n) is 7.84. The molecule has 1 aliphatic heterocycles. The van der Waals surface area contributed by atoms with Crippen LogP contribution in [0.4, 0.5) is 0 Å². The maximum Gasteiger partial charge on any atom is 0.0971 e. The van der Waals surface area contributed by atoms with Crippen molar-refractivity contribution in [3.05, 3.63) is 60.5 Å². The van der Waals surface area contributed by atoms with E-state index in [0.717, 1.165) is 22.9 Å². The van der Waals surface area contributed by atoms with Crippen LogP contribution in [0.5, 0.6) is 0 Å². The molecule has 0 saturated carbocycles. The van der Waals surface area contributed by atoms with Crippen LogP contribution in [0, 0.1) is 0 Å². The van der Waals surface area contributed by atoms with E-state index in [0.29, 0.717) is 0 Å². The smallest absolute Gasteiger partial charge is 0.0971 e. The van der Waals surface area contributed by atoms with Crippen molar-refractivity contribution in [3.63, 3.8) is 0 Å². The number of thioether (sulfide) groups is 4. The molecule has 0 amide bonds. The second kappa shape index (κ2) is 7.20. The van der Waals surface area contributed by atoms with Crippen molar-refractivity contribution >= 4 is 52.6 Å². The van der Waals surface area contributed by atoms with Gasteiger partial charge in [0.05, 0.1) is 24.1 Å². The van der Waals surface area contributed by atoms with Crippen LogP contribution < -0.4 is 0 Å². The second-order valence-electron chi connectivity index (χ2n) is 5.11. The Bertz CT molecular complexity index is 790. The van der Waals surface area contributed by atoms with Crippen LogP contribution in [-0.2, 0) is 0 Å². The van der Waals surface area contributed by atoms with Gasteiger partial charge in [-0.2, -0.15) is 0 Å². The van der Waals surface area contributed by atoms with Crippen LogP contribution >= 0.6 is 47.0 Å². The SMILES string of the molecule is CCSC1=C(SCC)SC(=C2c3cccnc3-c3ncccc32)S1. The average molecular weight is 389 g/mol. The summed E-state index contributed by atoms with van der Waals surface area (Å²) in [6, 6.07) is 8.38. The first-order valence-corrected chi connectivity index (χ1v) is 11.4. The predicted octanol–water partition coefficient (Wildman–Crippen LogP) is 6.29. The lowest BCUT2D eigenvalue weighted by Gasteiger charge is -2.06. The Morgan fingerprint density at radius 3 is 1.79 bits per heavy atom. The standard InChI is InChI=1S/C18H16N2S4/c1-3-21-17-18(22-4-2)24-16(23-17)13-11-7-5-9-19-14(11)15-12(13)8-6-10-20-15/h5-10H,3-4H2,1-2H3. The molecule has 0 radical (unpaired) electrons. The molecule has 2 aromatic heterocycles. The van der Waals surface area contributed by atoms with Gasteiger partial charge in [-0.25, -0.2) is 0 Å². The second-order valence-corrected chi connectivity index (χ2v) is 10.5. The highest BCUT2D eigenvalue weighted by Gasteiger charge is 2.32. The van der Waals surface area contributed by atoms with Gasteiger partial charge in [-0.1, -0.05) is 49.5 Å². The van der Waals surface area contributed by atoms with Gasteiger partial charge >= 0.3 is 0 Å². The van der Waals surface area contributed by atoms with Crippen molar-refractivity contribution in [1.82, 2.24) is 9.97 Å². The van der Waals surface area contributed by atoms with Gasteiger partial charge in [-0.3, -0.25) is 9.97 Å². The minimum absolute atomic E-state index is 1.01. The summed E-state index contributed by atoms with van der Waals surface area (Å²) >= 11 is 7.73. The Morgan fingerprint density at radius 1 is 0.833 bits per heavy atom. The van der Waals surface area contributed by atoms with Crippen molar-refractivity contribution in [1.29, 1.82) is 0 Å². The van der Waals surface area contributed by atoms with Gasteiger partial charge in [-0.05, 0) is 23.6 Å². The number of aromatic nitrogens is 2. The molecule has 0 fully saturated rings. The molecule has 0 aromatic carbocycles. The first kappa shape index (κ1) is 16.6. The van der Waals surface area contributed by atoms with E-state index in [1.807, 2.05) is 71.6 Å². The lowest BCUT2D eigenvalue weighted by Crippen LogP contribution is -1.84. The molecule has 122 valence electrons. The molecule has 0 atom stereocenters. The number of fused-ring (bicyclic) bond motifs is 3. The molecule has 0 unspecified atom stereocenters. The molecule has 0 saturated heterocycles. The molecule has 1 aliphatic carbocycles. The Hall–Kier alpha value is -0.820. The maximum atomic E-state index is 4.59. The molecule has 0 N–H and O–H groups in total. The summed E-state index contributed by atoms with van der Waals surface area (Å²) in [7, 11) is 0. The van der Waals surface area contributed by atoms with Crippen molar-refractivity contribution in [2.45, 2.75) is 13.8 Å². The highest BCUT2D eigenvalue weighted by Crippen LogP contribution is 2.61. The molecule has 0 spiro atoms. The van der Waals surface area contributed by atoms with Gasteiger partial charge in [0, 0.05) is 29.1 Å². The minimum Gasteiger partial charge on any atom is -0.254 e. The fourth-order valence-corrected chi connectivity index (χ4v) is 8.55. The largest absolute Gasteiger partial charge is 0.254 e. The van der Waals surface area contributed by atoms with Crippen molar-refractivity contribution in [2.24, 2.45) is 0 Å². The number of hydrogen-bond donors (Lipinski definition) is 0. The topological polar surface area (TPSA) is 25.8 Å². The number of hydrogen-bond acceptors (Lipinski definition) is 6. The van der Waals surface area contributed by atoms with Crippen LogP contribution in [0.1, 0.15) is 25.0 Å². The molecule has 0 bridgehead atoms. The summed E-state index contributed by atoms with van der Waals surface area (Å²) in [4.78, 5) is 9.19. The van der Waals surface area contributed by atoms with Crippen LogP contribution in [0.15, 0.2) is 49.4 Å². The maximum absolute atomic E-state index is 4.59. The van der Waals surface area contributed by atoms with Crippen LogP contribution in [0.2, 0.25) is 0 Å². The highest BCUT2D eigenvalue weighted by molar-refractivity contribution is 8.40. The summed E-state index contributed by atoms with van der Waals surface area (Å²) in [6.07, 6.45) is 3.71. The van der Waals surface area contributed by atoms with Crippen LogP contribution in [0.3, 0.4) is 0 Å². The lowest BCUT2D eigenvalue weighted by molar-refractivity contribution is 1.26.